The topological polar surface area (TPSA) is 58.6 Å². The molecule has 0 bridgehead atoms. The molecule has 0 unspecified atom stereocenters. The van der Waals surface area contributed by atoms with Crippen LogP contribution in [0.3, 0.4) is 0 Å². The minimum atomic E-state index is -0.467. The Morgan fingerprint density at radius 1 is 1.10 bits per heavy atom. The Kier molecular flexibility index (Phi) is 6.16. The lowest BCUT2D eigenvalue weighted by atomic mass is 9.98. The zero-order valence-corrected chi connectivity index (χ0v) is 17.9. The first-order valence-electron chi connectivity index (χ1n) is 10.1. The van der Waals surface area contributed by atoms with Gasteiger partial charge >= 0.3 is 6.09 Å². The van der Waals surface area contributed by atoms with Crippen LogP contribution in [0.25, 0.3) is 11.1 Å². The molecule has 4 rings (SSSR count). The SMILES string of the molecule is Cc1cc(Cl)cc(C#CCCNC(=O)OCC2c3ccccc3-c3ccccc32)c1O. The number of carbonyl (C=O) groups is 1. The van der Waals surface area contributed by atoms with Gasteiger partial charge in [0.05, 0.1) is 5.56 Å². The Morgan fingerprint density at radius 3 is 2.42 bits per heavy atom. The van der Waals surface area contributed by atoms with E-state index in [1.807, 2.05) is 24.3 Å². The number of hydrogen-bond acceptors (Lipinski definition) is 3. The van der Waals surface area contributed by atoms with E-state index in [-0.39, 0.29) is 18.3 Å². The van der Waals surface area contributed by atoms with Crippen molar-refractivity contribution in [2.45, 2.75) is 19.3 Å². The Bertz CT molecular complexity index is 1150. The van der Waals surface area contributed by atoms with Crippen molar-refractivity contribution in [2.75, 3.05) is 13.2 Å². The van der Waals surface area contributed by atoms with Gasteiger partial charge in [-0.25, -0.2) is 4.79 Å². The molecule has 4 nitrogen and oxygen atoms in total. The van der Waals surface area contributed by atoms with E-state index in [0.717, 1.165) is 0 Å². The lowest BCUT2D eigenvalue weighted by Crippen LogP contribution is -2.26. The van der Waals surface area contributed by atoms with Gasteiger partial charge in [0, 0.05) is 23.9 Å². The van der Waals surface area contributed by atoms with Crippen LogP contribution in [-0.4, -0.2) is 24.4 Å². The van der Waals surface area contributed by atoms with E-state index >= 15 is 0 Å². The van der Waals surface area contributed by atoms with E-state index in [4.69, 9.17) is 16.3 Å². The predicted molar refractivity (Wildman–Crippen MR) is 122 cm³/mol. The molecule has 2 N–H and O–H groups in total. The first-order chi connectivity index (χ1) is 15.0. The fraction of sp³-hybridized carbons (Fsp3) is 0.192. The molecule has 0 spiro atoms. The second kappa shape index (κ2) is 9.16. The quantitative estimate of drug-likeness (QED) is 0.415. The summed E-state index contributed by atoms with van der Waals surface area (Å²) in [5, 5.41) is 13.3. The van der Waals surface area contributed by atoms with Gasteiger partial charge in [-0.1, -0.05) is 72.0 Å². The molecule has 0 saturated carbocycles. The smallest absolute Gasteiger partial charge is 0.407 e. The summed E-state index contributed by atoms with van der Waals surface area (Å²) >= 11 is 6.00. The highest BCUT2D eigenvalue weighted by Crippen LogP contribution is 2.44. The zero-order chi connectivity index (χ0) is 21.8. The van der Waals surface area contributed by atoms with E-state index in [2.05, 4.69) is 41.4 Å². The summed E-state index contributed by atoms with van der Waals surface area (Å²) < 4.78 is 5.50. The van der Waals surface area contributed by atoms with Crippen molar-refractivity contribution in [2.24, 2.45) is 0 Å². The van der Waals surface area contributed by atoms with Crippen LogP contribution in [0.5, 0.6) is 5.75 Å². The molecule has 0 fully saturated rings. The Balaban J connectivity index is 1.30. The number of amides is 1. The zero-order valence-electron chi connectivity index (χ0n) is 17.1. The van der Waals surface area contributed by atoms with Gasteiger partial charge < -0.3 is 15.2 Å². The molecule has 0 heterocycles. The lowest BCUT2D eigenvalue weighted by molar-refractivity contribution is 0.143. The number of hydrogen-bond donors (Lipinski definition) is 2. The predicted octanol–water partition coefficient (Wildman–Crippen LogP) is 5.63. The number of rotatable bonds is 4. The van der Waals surface area contributed by atoms with Crippen molar-refractivity contribution < 1.29 is 14.6 Å². The Labute approximate surface area is 186 Å². The average molecular weight is 432 g/mol. The monoisotopic (exact) mass is 431 g/mol. The molecule has 5 heteroatoms. The van der Waals surface area contributed by atoms with Crippen molar-refractivity contribution in [3.05, 3.63) is 87.9 Å². The van der Waals surface area contributed by atoms with Crippen molar-refractivity contribution in [1.82, 2.24) is 5.32 Å². The summed E-state index contributed by atoms with van der Waals surface area (Å²) in [6.45, 7) is 2.40. The van der Waals surface area contributed by atoms with Crippen LogP contribution >= 0.6 is 11.6 Å². The van der Waals surface area contributed by atoms with Crippen LogP contribution in [0.1, 0.15) is 34.6 Å². The Hall–Kier alpha value is -3.42. The van der Waals surface area contributed by atoms with E-state index in [1.54, 1.807) is 19.1 Å². The highest BCUT2D eigenvalue weighted by Gasteiger charge is 2.28. The molecule has 0 aromatic heterocycles. The highest BCUT2D eigenvalue weighted by molar-refractivity contribution is 6.30. The standard InChI is InChI=1S/C26H22ClNO3/c1-17-14-19(27)15-18(25(17)29)8-6-7-13-28-26(30)31-16-24-22-11-4-2-9-20(22)21-10-3-5-12-23(21)24/h2-5,9-12,14-15,24,29H,7,13,16H2,1H3,(H,28,30). The number of phenolic OH excluding ortho intramolecular Hbond substituents is 1. The third-order valence-corrected chi connectivity index (χ3v) is 5.57. The summed E-state index contributed by atoms with van der Waals surface area (Å²) in [5.74, 6) is 5.99. The largest absolute Gasteiger partial charge is 0.506 e. The molecule has 0 atom stereocenters. The van der Waals surface area contributed by atoms with E-state index in [1.165, 1.54) is 22.3 Å². The summed E-state index contributed by atoms with van der Waals surface area (Å²) in [6, 6.07) is 19.8. The molecule has 0 saturated heterocycles. The molecule has 1 amide bonds. The molecule has 3 aromatic carbocycles. The second-order valence-electron chi connectivity index (χ2n) is 7.42. The van der Waals surface area contributed by atoms with Crippen LogP contribution in [0.15, 0.2) is 60.7 Å². The molecule has 1 aliphatic carbocycles. The van der Waals surface area contributed by atoms with Crippen molar-refractivity contribution in [1.29, 1.82) is 0 Å². The van der Waals surface area contributed by atoms with E-state index in [9.17, 15) is 9.90 Å². The maximum atomic E-state index is 12.2. The molecule has 3 aromatic rings. The fourth-order valence-electron chi connectivity index (χ4n) is 3.87. The third-order valence-electron chi connectivity index (χ3n) is 5.35. The number of nitrogens with one attached hydrogen (secondary N) is 1. The van der Waals surface area contributed by atoms with Crippen molar-refractivity contribution in [3.63, 3.8) is 0 Å². The number of benzene rings is 3. The molecule has 0 aliphatic heterocycles. The lowest BCUT2D eigenvalue weighted by Gasteiger charge is -2.14. The number of ether oxygens (including phenoxy) is 1. The first-order valence-corrected chi connectivity index (χ1v) is 10.5. The van der Waals surface area contributed by atoms with Crippen LogP contribution in [0.2, 0.25) is 5.02 Å². The van der Waals surface area contributed by atoms with Crippen LogP contribution in [0, 0.1) is 18.8 Å². The van der Waals surface area contributed by atoms with E-state index < -0.39 is 6.09 Å². The summed E-state index contributed by atoms with van der Waals surface area (Å²) in [5.41, 5.74) is 5.90. The number of alkyl carbamates (subject to hydrolysis) is 1. The van der Waals surface area contributed by atoms with Crippen LogP contribution in [-0.2, 0) is 4.74 Å². The molecule has 1 aliphatic rings. The fourth-order valence-corrected chi connectivity index (χ4v) is 4.14. The van der Waals surface area contributed by atoms with Crippen LogP contribution in [0.4, 0.5) is 4.79 Å². The summed E-state index contributed by atoms with van der Waals surface area (Å²) in [7, 11) is 0. The van der Waals surface area contributed by atoms with Gasteiger partial charge in [-0.15, -0.1) is 0 Å². The maximum Gasteiger partial charge on any atom is 0.407 e. The molecular weight excluding hydrogens is 410 g/mol. The number of aromatic hydroxyl groups is 1. The Morgan fingerprint density at radius 2 is 1.74 bits per heavy atom. The molecular formula is C26H22ClNO3. The minimum absolute atomic E-state index is 0.0342. The van der Waals surface area contributed by atoms with Crippen LogP contribution < -0.4 is 5.32 Å². The van der Waals surface area contributed by atoms with Crippen molar-refractivity contribution in [3.8, 4) is 28.7 Å². The average Bonchev–Trinajstić information content (AvgIpc) is 3.09. The summed E-state index contributed by atoms with van der Waals surface area (Å²) in [6.07, 6.45) is -0.0417. The molecule has 31 heavy (non-hydrogen) atoms. The summed E-state index contributed by atoms with van der Waals surface area (Å²) in [4.78, 5) is 12.2. The van der Waals surface area contributed by atoms with E-state index in [0.29, 0.717) is 29.1 Å². The number of halogens is 1. The number of fused-ring (bicyclic) bond motifs is 3. The number of aryl methyl sites for hydroxylation is 1. The van der Waals surface area contributed by atoms with Gasteiger partial charge in [0.1, 0.15) is 12.4 Å². The van der Waals surface area contributed by atoms with Crippen molar-refractivity contribution >= 4 is 17.7 Å². The van der Waals surface area contributed by atoms with Gasteiger partial charge in [0.2, 0.25) is 0 Å². The van der Waals surface area contributed by atoms with Gasteiger partial charge in [-0.3, -0.25) is 0 Å². The van der Waals surface area contributed by atoms with Gasteiger partial charge in [0.15, 0.2) is 0 Å². The number of phenols is 1. The third kappa shape index (κ3) is 4.52. The van der Waals surface area contributed by atoms with Gasteiger partial charge in [0.25, 0.3) is 0 Å². The first kappa shape index (κ1) is 20.8. The maximum absolute atomic E-state index is 12.2. The second-order valence-corrected chi connectivity index (χ2v) is 7.86. The molecule has 156 valence electrons. The molecule has 0 radical (unpaired) electrons. The van der Waals surface area contributed by atoms with Gasteiger partial charge in [-0.2, -0.15) is 0 Å². The minimum Gasteiger partial charge on any atom is -0.506 e. The normalized spacial score (nSPS) is 11.8. The number of carbonyl (C=O) groups excluding carboxylic acids is 1. The highest BCUT2D eigenvalue weighted by atomic mass is 35.5. The van der Waals surface area contributed by atoms with Gasteiger partial charge in [-0.05, 0) is 46.9 Å².